The topological polar surface area (TPSA) is 77.4 Å². The van der Waals surface area contributed by atoms with E-state index >= 15 is 0 Å². The van der Waals surface area contributed by atoms with Crippen molar-refractivity contribution in [1.29, 1.82) is 0 Å². The van der Waals surface area contributed by atoms with E-state index in [0.717, 1.165) is 64.2 Å². The van der Waals surface area contributed by atoms with Gasteiger partial charge in [0.2, 0.25) is 0 Å². The second-order valence-corrected chi connectivity index (χ2v) is 8.31. The molecule has 0 saturated heterocycles. The van der Waals surface area contributed by atoms with E-state index in [4.69, 9.17) is 5.11 Å². The maximum atomic E-state index is 11.3. The number of unbranched alkanes of at least 4 members (excludes halogenated alkanes) is 11. The van der Waals surface area contributed by atoms with Gasteiger partial charge in [-0.25, -0.2) is 8.42 Å². The summed E-state index contributed by atoms with van der Waals surface area (Å²) in [4.78, 5) is 0. The molecule has 4 nitrogen and oxygen atoms in total. The Morgan fingerprint density at radius 2 is 1.12 bits per heavy atom. The molecule has 0 radical (unpaired) electrons. The predicted molar refractivity (Wildman–Crippen MR) is 95.5 cm³/mol. The van der Waals surface area contributed by atoms with Gasteiger partial charge < -0.3 is 9.66 Å². The molecular formula is C18H37KO4S. The Labute approximate surface area is 192 Å². The molecule has 0 aliphatic heterocycles. The molecule has 0 saturated carbocycles. The summed E-state index contributed by atoms with van der Waals surface area (Å²) in [6.07, 6.45) is 14.9. The van der Waals surface area contributed by atoms with Crippen molar-refractivity contribution >= 4 is 10.1 Å². The maximum absolute atomic E-state index is 11.3. The average molecular weight is 389 g/mol. The van der Waals surface area contributed by atoms with Gasteiger partial charge in [-0.15, -0.1) is 0 Å². The van der Waals surface area contributed by atoms with Gasteiger partial charge in [-0.1, -0.05) is 84.0 Å². The first-order valence-corrected chi connectivity index (χ1v) is 11.0. The SMILES string of the molecule is CCCCCCCC(CCCCCCCCCCO)S(=O)(=O)[O-].[K+]. The molecule has 0 rings (SSSR count). The fraction of sp³-hybridized carbons (Fsp3) is 1.00. The second-order valence-electron chi connectivity index (χ2n) is 6.66. The third-order valence-corrected chi connectivity index (χ3v) is 5.76. The smallest absolute Gasteiger partial charge is 0.748 e. The van der Waals surface area contributed by atoms with Crippen LogP contribution >= 0.6 is 0 Å². The normalized spacial score (nSPS) is 12.8. The standard InChI is InChI=1S/C18H38O4S.K/c1-2-3-4-9-12-15-18(23(20,21)22)16-13-10-7-5-6-8-11-14-17-19;/h18-19H,2-17H2,1H3,(H,20,21,22);/q;+1/p-1. The molecule has 0 amide bonds. The van der Waals surface area contributed by atoms with E-state index in [2.05, 4.69) is 6.92 Å². The molecule has 0 aliphatic rings. The first kappa shape index (κ1) is 27.7. The molecule has 0 bridgehead atoms. The van der Waals surface area contributed by atoms with Crippen LogP contribution in [0.3, 0.4) is 0 Å². The Bertz CT molecular complexity index is 347. The fourth-order valence-corrected chi connectivity index (χ4v) is 3.86. The number of hydrogen-bond acceptors (Lipinski definition) is 4. The predicted octanol–water partition coefficient (Wildman–Crippen LogP) is 1.77. The van der Waals surface area contributed by atoms with Crippen LogP contribution in [0.4, 0.5) is 0 Å². The van der Waals surface area contributed by atoms with E-state index in [1.165, 1.54) is 19.3 Å². The molecule has 140 valence electrons. The van der Waals surface area contributed by atoms with Crippen molar-refractivity contribution in [2.24, 2.45) is 0 Å². The Morgan fingerprint density at radius 1 is 0.750 bits per heavy atom. The Kier molecular flexibility index (Phi) is 22.3. The molecule has 0 fully saturated rings. The van der Waals surface area contributed by atoms with Gasteiger partial charge in [-0.2, -0.15) is 0 Å². The summed E-state index contributed by atoms with van der Waals surface area (Å²) >= 11 is 0. The largest absolute Gasteiger partial charge is 1.00 e. The monoisotopic (exact) mass is 388 g/mol. The van der Waals surface area contributed by atoms with Crippen LogP contribution in [-0.4, -0.2) is 29.9 Å². The summed E-state index contributed by atoms with van der Waals surface area (Å²) in [6, 6.07) is 0. The first-order valence-electron chi connectivity index (χ1n) is 9.58. The van der Waals surface area contributed by atoms with Crippen molar-refractivity contribution in [3.05, 3.63) is 0 Å². The molecule has 0 aliphatic carbocycles. The quantitative estimate of drug-likeness (QED) is 0.234. The van der Waals surface area contributed by atoms with E-state index in [1.807, 2.05) is 0 Å². The zero-order chi connectivity index (χ0) is 17.4. The van der Waals surface area contributed by atoms with Crippen molar-refractivity contribution in [1.82, 2.24) is 0 Å². The summed E-state index contributed by atoms with van der Waals surface area (Å²) in [5.74, 6) is 0. The molecule has 1 unspecified atom stereocenters. The van der Waals surface area contributed by atoms with Gasteiger partial charge in [-0.3, -0.25) is 0 Å². The summed E-state index contributed by atoms with van der Waals surface area (Å²) in [5.41, 5.74) is 0. The van der Waals surface area contributed by atoms with Crippen LogP contribution in [0.25, 0.3) is 0 Å². The fourth-order valence-electron chi connectivity index (χ4n) is 2.95. The van der Waals surface area contributed by atoms with Gasteiger partial charge in [-0.05, 0) is 19.3 Å². The number of hydrogen-bond donors (Lipinski definition) is 1. The molecular weight excluding hydrogens is 351 g/mol. The third-order valence-electron chi connectivity index (χ3n) is 4.47. The molecule has 1 atom stereocenters. The van der Waals surface area contributed by atoms with Crippen molar-refractivity contribution in [3.8, 4) is 0 Å². The molecule has 0 aromatic heterocycles. The van der Waals surface area contributed by atoms with Gasteiger partial charge in [0.25, 0.3) is 0 Å². The number of rotatable bonds is 17. The van der Waals surface area contributed by atoms with Crippen molar-refractivity contribution in [2.75, 3.05) is 6.61 Å². The number of aliphatic hydroxyl groups is 1. The second kappa shape index (κ2) is 19.3. The summed E-state index contributed by atoms with van der Waals surface area (Å²) in [7, 11) is -4.14. The zero-order valence-electron chi connectivity index (χ0n) is 16.0. The minimum absolute atomic E-state index is 0. The molecule has 6 heteroatoms. The van der Waals surface area contributed by atoms with Crippen LogP contribution in [0.15, 0.2) is 0 Å². The molecule has 0 aromatic rings. The molecule has 24 heavy (non-hydrogen) atoms. The Balaban J connectivity index is 0. The molecule has 1 N–H and O–H groups in total. The van der Waals surface area contributed by atoms with Crippen molar-refractivity contribution in [2.45, 2.75) is 108 Å². The molecule has 0 spiro atoms. The molecule has 0 heterocycles. The molecule has 0 aromatic carbocycles. The van der Waals surface area contributed by atoms with Crippen molar-refractivity contribution in [3.63, 3.8) is 0 Å². The van der Waals surface area contributed by atoms with E-state index in [0.29, 0.717) is 12.8 Å². The van der Waals surface area contributed by atoms with E-state index in [1.54, 1.807) is 0 Å². The summed E-state index contributed by atoms with van der Waals surface area (Å²) in [5, 5.41) is 8.01. The summed E-state index contributed by atoms with van der Waals surface area (Å²) < 4.78 is 34.0. The van der Waals surface area contributed by atoms with Gasteiger partial charge in [0.1, 0.15) is 0 Å². The van der Waals surface area contributed by atoms with Crippen LogP contribution in [0.1, 0.15) is 103 Å². The Morgan fingerprint density at radius 3 is 1.50 bits per heavy atom. The van der Waals surface area contributed by atoms with Crippen molar-refractivity contribution < 1.29 is 69.5 Å². The minimum atomic E-state index is -4.14. The van der Waals surface area contributed by atoms with Gasteiger partial charge in [0.15, 0.2) is 0 Å². The van der Waals surface area contributed by atoms with Gasteiger partial charge in [0, 0.05) is 11.9 Å². The van der Waals surface area contributed by atoms with Crippen LogP contribution in [-0.2, 0) is 10.1 Å². The van der Waals surface area contributed by atoms with E-state index < -0.39 is 15.4 Å². The van der Waals surface area contributed by atoms with Crippen LogP contribution in [0, 0.1) is 0 Å². The summed E-state index contributed by atoms with van der Waals surface area (Å²) in [6.45, 7) is 2.43. The van der Waals surface area contributed by atoms with Crippen LogP contribution < -0.4 is 51.4 Å². The average Bonchev–Trinajstić information content (AvgIpc) is 2.50. The van der Waals surface area contributed by atoms with Gasteiger partial charge in [0.05, 0.1) is 10.1 Å². The van der Waals surface area contributed by atoms with E-state index in [9.17, 15) is 13.0 Å². The van der Waals surface area contributed by atoms with Crippen LogP contribution in [0.2, 0.25) is 0 Å². The third kappa shape index (κ3) is 18.3. The Hall–Kier alpha value is 1.51. The van der Waals surface area contributed by atoms with Gasteiger partial charge >= 0.3 is 51.4 Å². The van der Waals surface area contributed by atoms with E-state index in [-0.39, 0.29) is 58.0 Å². The first-order chi connectivity index (χ1) is 11.0. The maximum Gasteiger partial charge on any atom is 1.00 e. The minimum Gasteiger partial charge on any atom is -0.748 e. The number of aliphatic hydroxyl groups excluding tert-OH is 1. The zero-order valence-corrected chi connectivity index (χ0v) is 19.9. The van der Waals surface area contributed by atoms with Crippen LogP contribution in [0.5, 0.6) is 0 Å².